The van der Waals surface area contributed by atoms with Crippen LogP contribution in [0.3, 0.4) is 0 Å². The number of phenolic OH excluding ortho intramolecular Hbond substituents is 1. The second-order valence-electron chi connectivity index (χ2n) is 8.92. The van der Waals surface area contributed by atoms with Crippen LogP contribution in [0.1, 0.15) is 22.2 Å². The third kappa shape index (κ3) is 3.90. The van der Waals surface area contributed by atoms with Gasteiger partial charge in [-0.05, 0) is 48.0 Å². The van der Waals surface area contributed by atoms with Crippen LogP contribution in [-0.2, 0) is 4.79 Å². The molecule has 40 heavy (non-hydrogen) atoms. The van der Waals surface area contributed by atoms with Crippen LogP contribution in [0.5, 0.6) is 23.0 Å². The highest BCUT2D eigenvalue weighted by Crippen LogP contribution is 2.46. The van der Waals surface area contributed by atoms with E-state index in [1.54, 1.807) is 49.6 Å². The van der Waals surface area contributed by atoms with Gasteiger partial charge >= 0.3 is 0 Å². The molecule has 0 aliphatic carbocycles. The first-order chi connectivity index (χ1) is 19.3. The molecule has 1 aliphatic heterocycles. The molecule has 0 radical (unpaired) electrons. The SMILES string of the molecule is COc1ccc2nc(N3C(=O)C(O)=C(C(=O)c4cc5cccc(OC)c5o4)C3c3ccc(O)c(OC)c3)sc2c1. The van der Waals surface area contributed by atoms with Gasteiger partial charge in [-0.3, -0.25) is 14.5 Å². The Morgan fingerprint density at radius 1 is 0.975 bits per heavy atom. The van der Waals surface area contributed by atoms with Crippen LogP contribution in [0.25, 0.3) is 21.2 Å². The molecule has 2 aromatic heterocycles. The van der Waals surface area contributed by atoms with E-state index in [2.05, 4.69) is 4.98 Å². The van der Waals surface area contributed by atoms with E-state index >= 15 is 0 Å². The zero-order valence-corrected chi connectivity index (χ0v) is 22.3. The molecular formula is C29H22N2O8S. The zero-order valence-electron chi connectivity index (χ0n) is 21.5. The molecule has 1 aliphatic rings. The number of ketones is 1. The number of thiazole rings is 1. The summed E-state index contributed by atoms with van der Waals surface area (Å²) in [6, 6.07) is 15.4. The first kappa shape index (κ1) is 25.3. The van der Waals surface area contributed by atoms with Crippen LogP contribution >= 0.6 is 11.3 Å². The fraction of sp³-hybridized carbons (Fsp3) is 0.138. The minimum Gasteiger partial charge on any atom is -0.504 e. The van der Waals surface area contributed by atoms with Crippen LogP contribution in [0.2, 0.25) is 0 Å². The smallest absolute Gasteiger partial charge is 0.296 e. The molecule has 202 valence electrons. The number of aliphatic hydroxyl groups is 1. The summed E-state index contributed by atoms with van der Waals surface area (Å²) in [5.41, 5.74) is 1.17. The van der Waals surface area contributed by atoms with Crippen molar-refractivity contribution in [3.05, 3.63) is 83.3 Å². The minimum absolute atomic E-state index is 0.0829. The maximum absolute atomic E-state index is 14.0. The maximum atomic E-state index is 14.0. The average Bonchev–Trinajstić information content (AvgIpc) is 3.66. The molecule has 2 N–H and O–H groups in total. The van der Waals surface area contributed by atoms with Crippen LogP contribution < -0.4 is 19.1 Å². The van der Waals surface area contributed by atoms with E-state index in [1.165, 1.54) is 48.7 Å². The van der Waals surface area contributed by atoms with Crippen LogP contribution in [0.15, 0.2) is 76.4 Å². The van der Waals surface area contributed by atoms with Crippen molar-refractivity contribution >= 4 is 49.3 Å². The number of hydrogen-bond donors (Lipinski definition) is 2. The van der Waals surface area contributed by atoms with Crippen molar-refractivity contribution in [1.82, 2.24) is 4.98 Å². The zero-order chi connectivity index (χ0) is 28.1. The van der Waals surface area contributed by atoms with Crippen molar-refractivity contribution < 1.29 is 38.4 Å². The number of aromatic hydroxyl groups is 1. The summed E-state index contributed by atoms with van der Waals surface area (Å²) in [5, 5.41) is 22.2. The molecule has 10 nitrogen and oxygen atoms in total. The molecule has 0 saturated carbocycles. The van der Waals surface area contributed by atoms with Gasteiger partial charge in [-0.25, -0.2) is 4.98 Å². The highest BCUT2D eigenvalue weighted by Gasteiger charge is 2.47. The Kier molecular flexibility index (Phi) is 6.07. The lowest BCUT2D eigenvalue weighted by Gasteiger charge is -2.24. The standard InChI is InChI=1S/C29H22N2O8S/c1-36-16-8-9-17-22(13-16)40-29(30-17)31-24(14-7-10-18(32)20(11-14)38-3)23(26(34)28(31)35)25(33)21-12-15-5-4-6-19(37-2)27(15)39-21/h4-13,24,32,34H,1-3H3. The van der Waals surface area contributed by atoms with Crippen molar-refractivity contribution in [3.63, 3.8) is 0 Å². The van der Waals surface area contributed by atoms with Gasteiger partial charge in [0.1, 0.15) is 5.75 Å². The topological polar surface area (TPSA) is 132 Å². The highest BCUT2D eigenvalue weighted by atomic mass is 32.1. The van der Waals surface area contributed by atoms with Gasteiger partial charge in [0.25, 0.3) is 5.91 Å². The molecule has 5 aromatic rings. The average molecular weight is 559 g/mol. The summed E-state index contributed by atoms with van der Waals surface area (Å²) in [6.07, 6.45) is 0. The lowest BCUT2D eigenvalue weighted by molar-refractivity contribution is -0.117. The first-order valence-corrected chi connectivity index (χ1v) is 12.9. The van der Waals surface area contributed by atoms with Gasteiger partial charge in [0.15, 0.2) is 39.5 Å². The first-order valence-electron chi connectivity index (χ1n) is 12.0. The number of hydrogen-bond acceptors (Lipinski definition) is 10. The number of carbonyl (C=O) groups is 2. The number of aromatic nitrogens is 1. The van der Waals surface area contributed by atoms with Crippen LogP contribution in [-0.4, -0.2) is 48.2 Å². The van der Waals surface area contributed by atoms with Gasteiger partial charge < -0.3 is 28.8 Å². The highest BCUT2D eigenvalue weighted by molar-refractivity contribution is 7.22. The number of para-hydroxylation sites is 1. The predicted octanol–water partition coefficient (Wildman–Crippen LogP) is 5.56. The fourth-order valence-corrected chi connectivity index (χ4v) is 5.80. The Hall–Kier alpha value is -5.03. The lowest BCUT2D eigenvalue weighted by Crippen LogP contribution is -2.31. The van der Waals surface area contributed by atoms with Gasteiger partial charge in [-0.2, -0.15) is 0 Å². The van der Waals surface area contributed by atoms with Crippen LogP contribution in [0, 0.1) is 0 Å². The van der Waals surface area contributed by atoms with E-state index in [-0.39, 0.29) is 28.0 Å². The van der Waals surface area contributed by atoms with Crippen molar-refractivity contribution in [1.29, 1.82) is 0 Å². The second kappa shape index (κ2) is 9.62. The summed E-state index contributed by atoms with van der Waals surface area (Å²) in [5.74, 6) is -1.25. The molecule has 6 rings (SSSR count). The summed E-state index contributed by atoms with van der Waals surface area (Å²) in [7, 11) is 4.43. The molecular weight excluding hydrogens is 536 g/mol. The number of phenols is 1. The number of rotatable bonds is 7. The van der Waals surface area contributed by atoms with Crippen molar-refractivity contribution in [2.24, 2.45) is 0 Å². The molecule has 1 atom stereocenters. The number of ether oxygens (including phenoxy) is 3. The number of Topliss-reactive ketones (excluding diaryl/α,β-unsaturated/α-hetero) is 1. The Labute approximate surface area is 231 Å². The Morgan fingerprint density at radius 3 is 2.52 bits per heavy atom. The number of furan rings is 1. The molecule has 3 aromatic carbocycles. The summed E-state index contributed by atoms with van der Waals surface area (Å²) in [6.45, 7) is 0. The van der Waals surface area contributed by atoms with E-state index in [4.69, 9.17) is 18.6 Å². The quantitative estimate of drug-likeness (QED) is 0.247. The minimum atomic E-state index is -1.10. The van der Waals surface area contributed by atoms with E-state index in [1.807, 2.05) is 0 Å². The summed E-state index contributed by atoms with van der Waals surface area (Å²) < 4.78 is 22.6. The predicted molar refractivity (Wildman–Crippen MR) is 148 cm³/mol. The lowest BCUT2D eigenvalue weighted by atomic mass is 9.95. The summed E-state index contributed by atoms with van der Waals surface area (Å²) in [4.78, 5) is 33.4. The molecule has 0 spiro atoms. The Bertz CT molecular complexity index is 1850. The number of anilines is 1. The van der Waals surface area contributed by atoms with Gasteiger partial charge in [-0.15, -0.1) is 0 Å². The van der Waals surface area contributed by atoms with Gasteiger partial charge in [0.05, 0.1) is 43.2 Å². The third-order valence-electron chi connectivity index (χ3n) is 6.71. The number of amides is 1. The van der Waals surface area contributed by atoms with E-state index in [9.17, 15) is 19.8 Å². The summed E-state index contributed by atoms with van der Waals surface area (Å²) >= 11 is 1.20. The van der Waals surface area contributed by atoms with Gasteiger partial charge in [0, 0.05) is 5.39 Å². The van der Waals surface area contributed by atoms with Crippen LogP contribution in [0.4, 0.5) is 5.13 Å². The monoisotopic (exact) mass is 558 g/mol. The van der Waals surface area contributed by atoms with Crippen molar-refractivity contribution in [3.8, 4) is 23.0 Å². The van der Waals surface area contributed by atoms with E-state index in [0.29, 0.717) is 33.5 Å². The van der Waals surface area contributed by atoms with Crippen molar-refractivity contribution in [2.45, 2.75) is 6.04 Å². The van der Waals surface area contributed by atoms with Gasteiger partial charge in [-0.1, -0.05) is 29.5 Å². The Balaban J connectivity index is 1.52. The number of benzene rings is 3. The molecule has 0 saturated heterocycles. The molecule has 0 bridgehead atoms. The molecule has 3 heterocycles. The molecule has 11 heteroatoms. The van der Waals surface area contributed by atoms with Crippen molar-refractivity contribution in [2.75, 3.05) is 26.2 Å². The number of nitrogens with zero attached hydrogens (tertiary/aromatic N) is 2. The molecule has 1 unspecified atom stereocenters. The number of carbonyl (C=O) groups excluding carboxylic acids is 2. The number of aliphatic hydroxyl groups excluding tert-OH is 1. The largest absolute Gasteiger partial charge is 0.504 e. The Morgan fingerprint density at radius 2 is 1.77 bits per heavy atom. The van der Waals surface area contributed by atoms with E-state index in [0.717, 1.165) is 4.70 Å². The molecule has 1 amide bonds. The number of fused-ring (bicyclic) bond motifs is 2. The third-order valence-corrected chi connectivity index (χ3v) is 7.73. The normalized spacial score (nSPS) is 15.3. The maximum Gasteiger partial charge on any atom is 0.296 e. The molecule has 0 fully saturated rings. The second-order valence-corrected chi connectivity index (χ2v) is 9.93. The number of methoxy groups -OCH3 is 3. The van der Waals surface area contributed by atoms with Gasteiger partial charge in [0.2, 0.25) is 5.78 Å². The van der Waals surface area contributed by atoms with E-state index < -0.39 is 23.5 Å². The fourth-order valence-electron chi connectivity index (χ4n) is 4.78.